The smallest absolute Gasteiger partial charge is 0.356 e. The van der Waals surface area contributed by atoms with Crippen LogP contribution in [-0.2, 0) is 9.53 Å². The number of hydrogen-bond acceptors (Lipinski definition) is 4. The summed E-state index contributed by atoms with van der Waals surface area (Å²) in [5.41, 5.74) is 2.43. The highest BCUT2D eigenvalue weighted by molar-refractivity contribution is 6.01. The minimum absolute atomic E-state index is 0.126. The molecule has 0 radical (unpaired) electrons. The van der Waals surface area contributed by atoms with Gasteiger partial charge in [0.05, 0.1) is 0 Å². The maximum atomic E-state index is 12.9. The molecular formula is C21H26N2O4. The number of H-pyrrole nitrogens is 1. The Morgan fingerprint density at radius 2 is 1.67 bits per heavy atom. The molecule has 1 heterocycles. The highest BCUT2D eigenvalue weighted by Crippen LogP contribution is 2.25. The van der Waals surface area contributed by atoms with Crippen LogP contribution in [0.15, 0.2) is 30.3 Å². The van der Waals surface area contributed by atoms with E-state index in [1.165, 1.54) is 6.92 Å². The van der Waals surface area contributed by atoms with Gasteiger partial charge in [-0.05, 0) is 40.2 Å². The van der Waals surface area contributed by atoms with Gasteiger partial charge in [0.2, 0.25) is 6.10 Å². The van der Waals surface area contributed by atoms with E-state index < -0.39 is 12.1 Å². The van der Waals surface area contributed by atoms with Gasteiger partial charge in [-0.1, -0.05) is 30.3 Å². The Labute approximate surface area is 159 Å². The number of aryl methyl sites for hydroxylation is 1. The first-order valence-electron chi connectivity index (χ1n) is 9.06. The van der Waals surface area contributed by atoms with Crippen molar-refractivity contribution < 1.29 is 19.1 Å². The molecule has 144 valence electrons. The molecule has 0 aliphatic heterocycles. The molecule has 0 saturated carbocycles. The van der Waals surface area contributed by atoms with Crippen LogP contribution in [0.25, 0.3) is 0 Å². The molecule has 0 saturated heterocycles. The van der Waals surface area contributed by atoms with Crippen molar-refractivity contribution in [3.63, 3.8) is 0 Å². The first-order chi connectivity index (χ1) is 12.8. The zero-order valence-corrected chi connectivity index (χ0v) is 16.5. The summed E-state index contributed by atoms with van der Waals surface area (Å²) in [4.78, 5) is 42.1. The number of ketones is 1. The van der Waals surface area contributed by atoms with E-state index in [0.717, 1.165) is 0 Å². The van der Waals surface area contributed by atoms with Crippen molar-refractivity contribution in [3.05, 3.63) is 58.4 Å². The summed E-state index contributed by atoms with van der Waals surface area (Å²) < 4.78 is 5.63. The van der Waals surface area contributed by atoms with E-state index in [9.17, 15) is 14.4 Å². The van der Waals surface area contributed by atoms with E-state index in [1.807, 2.05) is 19.9 Å². The van der Waals surface area contributed by atoms with Gasteiger partial charge in [0.15, 0.2) is 5.78 Å². The number of carbonyl (C=O) groups is 3. The van der Waals surface area contributed by atoms with Crippen molar-refractivity contribution in [1.29, 1.82) is 0 Å². The lowest BCUT2D eigenvalue weighted by Gasteiger charge is -2.25. The van der Waals surface area contributed by atoms with Crippen molar-refractivity contribution in [2.75, 3.05) is 13.1 Å². The number of Topliss-reactive ketones (excluding diaryl/α,β-unsaturated/α-hetero) is 1. The van der Waals surface area contributed by atoms with Gasteiger partial charge in [-0.2, -0.15) is 0 Å². The molecule has 0 fully saturated rings. The fraction of sp³-hybridized carbons (Fsp3) is 0.381. The molecule has 6 nitrogen and oxygen atoms in total. The van der Waals surface area contributed by atoms with Gasteiger partial charge in [0, 0.05) is 29.9 Å². The van der Waals surface area contributed by atoms with Gasteiger partial charge in [-0.25, -0.2) is 4.79 Å². The maximum Gasteiger partial charge on any atom is 0.356 e. The number of aromatic nitrogens is 1. The first-order valence-corrected chi connectivity index (χ1v) is 9.06. The zero-order chi connectivity index (χ0) is 20.1. The number of nitrogens with one attached hydrogen (secondary N) is 1. The number of rotatable bonds is 7. The van der Waals surface area contributed by atoms with Crippen molar-refractivity contribution in [3.8, 4) is 0 Å². The van der Waals surface area contributed by atoms with Gasteiger partial charge >= 0.3 is 5.97 Å². The van der Waals surface area contributed by atoms with Crippen molar-refractivity contribution in [1.82, 2.24) is 9.88 Å². The third kappa shape index (κ3) is 4.27. The van der Waals surface area contributed by atoms with E-state index in [0.29, 0.717) is 35.5 Å². The molecular weight excluding hydrogens is 344 g/mol. The molecule has 0 aliphatic rings. The van der Waals surface area contributed by atoms with Gasteiger partial charge in [0.1, 0.15) is 5.69 Å². The Bertz CT molecular complexity index is 835. The second kappa shape index (κ2) is 8.66. The second-order valence-electron chi connectivity index (χ2n) is 6.39. The molecule has 27 heavy (non-hydrogen) atoms. The van der Waals surface area contributed by atoms with E-state index >= 15 is 0 Å². The van der Waals surface area contributed by atoms with Gasteiger partial charge in [-0.3, -0.25) is 9.59 Å². The van der Waals surface area contributed by atoms with E-state index in [4.69, 9.17) is 4.74 Å². The van der Waals surface area contributed by atoms with Crippen LogP contribution >= 0.6 is 0 Å². The summed E-state index contributed by atoms with van der Waals surface area (Å²) in [6, 6.07) is 8.94. The van der Waals surface area contributed by atoms with Gasteiger partial charge in [-0.15, -0.1) is 0 Å². The molecule has 1 atom stereocenters. The standard InChI is InChI=1S/C21H26N2O4/c1-6-23(7-2)20(25)19(16-11-9-8-10-12-16)27-21(26)18-13(3)17(15(5)24)14(4)22-18/h8-12,19,22H,6-7H2,1-5H3/t19-/m1/s1. The van der Waals surface area contributed by atoms with Crippen molar-refractivity contribution >= 4 is 17.7 Å². The maximum absolute atomic E-state index is 12.9. The normalized spacial score (nSPS) is 11.7. The topological polar surface area (TPSA) is 79.5 Å². The summed E-state index contributed by atoms with van der Waals surface area (Å²) in [5, 5.41) is 0. The first kappa shape index (κ1) is 20.4. The van der Waals surface area contributed by atoms with E-state index in [2.05, 4.69) is 4.98 Å². The number of carbonyl (C=O) groups excluding carboxylic acids is 3. The number of amides is 1. The zero-order valence-electron chi connectivity index (χ0n) is 16.5. The molecule has 1 N–H and O–H groups in total. The summed E-state index contributed by atoms with van der Waals surface area (Å²) >= 11 is 0. The number of aromatic amines is 1. The van der Waals surface area contributed by atoms with Crippen LogP contribution < -0.4 is 0 Å². The SMILES string of the molecule is CCN(CC)C(=O)[C@H](OC(=O)c1[nH]c(C)c(C(C)=O)c1C)c1ccccc1. The predicted octanol–water partition coefficient (Wildman–Crippen LogP) is 3.60. The second-order valence-corrected chi connectivity index (χ2v) is 6.39. The quantitative estimate of drug-likeness (QED) is 0.596. The average molecular weight is 370 g/mol. The lowest BCUT2D eigenvalue weighted by atomic mass is 10.1. The summed E-state index contributed by atoms with van der Waals surface area (Å²) in [5.74, 6) is -1.05. The monoisotopic (exact) mass is 370 g/mol. The third-order valence-corrected chi connectivity index (χ3v) is 4.62. The molecule has 6 heteroatoms. The molecule has 2 rings (SSSR count). The van der Waals surface area contributed by atoms with Gasteiger partial charge < -0.3 is 14.6 Å². The Hall–Kier alpha value is -2.89. The number of benzene rings is 1. The Morgan fingerprint density at radius 1 is 1.07 bits per heavy atom. The molecule has 0 bridgehead atoms. The lowest BCUT2D eigenvalue weighted by Crippen LogP contribution is -2.36. The van der Waals surface area contributed by atoms with Crippen LogP contribution in [-0.4, -0.2) is 40.6 Å². The van der Waals surface area contributed by atoms with Crippen LogP contribution in [0.3, 0.4) is 0 Å². The molecule has 1 aromatic carbocycles. The number of likely N-dealkylation sites (N-methyl/N-ethyl adjacent to an activating group) is 1. The molecule has 0 unspecified atom stereocenters. The largest absolute Gasteiger partial charge is 0.443 e. The highest BCUT2D eigenvalue weighted by Gasteiger charge is 2.30. The molecule has 1 amide bonds. The summed E-state index contributed by atoms with van der Waals surface area (Å²) in [7, 11) is 0. The van der Waals surface area contributed by atoms with Crippen LogP contribution in [0.5, 0.6) is 0 Å². The Balaban J connectivity index is 2.38. The fourth-order valence-corrected chi connectivity index (χ4v) is 3.24. The molecule has 1 aromatic heterocycles. The Kier molecular flexibility index (Phi) is 6.55. The minimum Gasteiger partial charge on any atom is -0.443 e. The van der Waals surface area contributed by atoms with E-state index in [-0.39, 0.29) is 17.4 Å². The number of esters is 1. The van der Waals surface area contributed by atoms with Crippen molar-refractivity contribution in [2.24, 2.45) is 0 Å². The van der Waals surface area contributed by atoms with Crippen molar-refractivity contribution in [2.45, 2.75) is 40.7 Å². The molecule has 0 aliphatic carbocycles. The van der Waals surface area contributed by atoms with Crippen LogP contribution in [0.4, 0.5) is 0 Å². The minimum atomic E-state index is -1.04. The fourth-order valence-electron chi connectivity index (χ4n) is 3.24. The van der Waals surface area contributed by atoms with Gasteiger partial charge in [0.25, 0.3) is 5.91 Å². The predicted molar refractivity (Wildman–Crippen MR) is 103 cm³/mol. The Morgan fingerprint density at radius 3 is 2.15 bits per heavy atom. The van der Waals surface area contributed by atoms with Crippen LogP contribution in [0.1, 0.15) is 64.5 Å². The number of hydrogen-bond donors (Lipinski definition) is 1. The van der Waals surface area contributed by atoms with E-state index in [1.54, 1.807) is 43.0 Å². The summed E-state index contributed by atoms with van der Waals surface area (Å²) in [6.45, 7) is 9.67. The lowest BCUT2D eigenvalue weighted by molar-refractivity contribution is -0.140. The number of nitrogens with zero attached hydrogens (tertiary/aromatic N) is 1. The molecule has 0 spiro atoms. The summed E-state index contributed by atoms with van der Waals surface area (Å²) in [6.07, 6.45) is -1.04. The molecule has 2 aromatic rings. The number of ether oxygens (including phenoxy) is 1. The van der Waals surface area contributed by atoms with Crippen LogP contribution in [0.2, 0.25) is 0 Å². The average Bonchev–Trinajstić information content (AvgIpc) is 2.95. The third-order valence-electron chi connectivity index (χ3n) is 4.62. The highest BCUT2D eigenvalue weighted by atomic mass is 16.5. The van der Waals surface area contributed by atoms with Crippen LogP contribution in [0, 0.1) is 13.8 Å².